The summed E-state index contributed by atoms with van der Waals surface area (Å²) < 4.78 is 10.3. The highest BCUT2D eigenvalue weighted by molar-refractivity contribution is 5.48. The molecular formula is C13H18N2O4. The molecule has 0 aromatic heterocycles. The molecule has 0 aliphatic heterocycles. The van der Waals surface area contributed by atoms with E-state index < -0.39 is 4.92 Å². The third kappa shape index (κ3) is 4.18. The van der Waals surface area contributed by atoms with Gasteiger partial charge in [-0.25, -0.2) is 0 Å². The highest BCUT2D eigenvalue weighted by atomic mass is 16.6. The number of ether oxygens (including phenoxy) is 2. The Labute approximate surface area is 111 Å². The minimum absolute atomic E-state index is 0.00808. The average molecular weight is 266 g/mol. The van der Waals surface area contributed by atoms with Crippen LogP contribution in [0.2, 0.25) is 0 Å². The van der Waals surface area contributed by atoms with Crippen molar-refractivity contribution < 1.29 is 14.4 Å². The number of nitrogens with zero attached hydrogens (tertiary/aromatic N) is 1. The lowest BCUT2D eigenvalue weighted by molar-refractivity contribution is -0.385. The van der Waals surface area contributed by atoms with Crippen molar-refractivity contribution in [2.75, 3.05) is 20.3 Å². The number of methoxy groups -OCH3 is 1. The number of rotatable bonds is 8. The van der Waals surface area contributed by atoms with Gasteiger partial charge in [-0.1, -0.05) is 6.07 Å². The van der Waals surface area contributed by atoms with Crippen molar-refractivity contribution in [3.05, 3.63) is 33.9 Å². The van der Waals surface area contributed by atoms with E-state index in [0.717, 1.165) is 5.56 Å². The normalized spacial score (nSPS) is 14.4. The Balaban J connectivity index is 2.04. The van der Waals surface area contributed by atoms with Crippen molar-refractivity contribution in [3.63, 3.8) is 0 Å². The summed E-state index contributed by atoms with van der Waals surface area (Å²) in [5, 5.41) is 14.3. The minimum Gasteiger partial charge on any atom is -0.484 e. The number of hydrogen-bond donors (Lipinski definition) is 1. The van der Waals surface area contributed by atoms with Gasteiger partial charge < -0.3 is 14.8 Å². The molecule has 2 rings (SSSR count). The summed E-state index contributed by atoms with van der Waals surface area (Å²) in [6, 6.07) is 5.58. The highest BCUT2D eigenvalue weighted by Crippen LogP contribution is 2.28. The molecule has 0 amide bonds. The Hall–Kier alpha value is -1.66. The number of nitrogens with one attached hydrogen (secondary N) is 1. The molecular weight excluding hydrogens is 248 g/mol. The molecule has 0 radical (unpaired) electrons. The van der Waals surface area contributed by atoms with Crippen LogP contribution in [-0.2, 0) is 11.3 Å². The monoisotopic (exact) mass is 266 g/mol. The quantitative estimate of drug-likeness (QED) is 0.442. The van der Waals surface area contributed by atoms with Crippen molar-refractivity contribution in [2.24, 2.45) is 0 Å². The van der Waals surface area contributed by atoms with Gasteiger partial charge in [-0.3, -0.25) is 10.1 Å². The third-order valence-electron chi connectivity index (χ3n) is 2.94. The lowest BCUT2D eigenvalue weighted by Crippen LogP contribution is -2.15. The lowest BCUT2D eigenvalue weighted by Gasteiger charge is -2.09. The first kappa shape index (κ1) is 13.8. The first-order valence-corrected chi connectivity index (χ1v) is 6.33. The van der Waals surface area contributed by atoms with Crippen LogP contribution in [0.15, 0.2) is 18.2 Å². The molecule has 0 spiro atoms. The summed E-state index contributed by atoms with van der Waals surface area (Å²) in [5.41, 5.74) is 0.983. The molecule has 1 saturated carbocycles. The number of nitro benzene ring substituents is 1. The zero-order valence-corrected chi connectivity index (χ0v) is 10.9. The van der Waals surface area contributed by atoms with Crippen molar-refractivity contribution in [1.82, 2.24) is 5.32 Å². The van der Waals surface area contributed by atoms with Crippen LogP contribution in [0.4, 0.5) is 5.69 Å². The minimum atomic E-state index is -0.430. The third-order valence-corrected chi connectivity index (χ3v) is 2.94. The molecule has 1 aromatic carbocycles. The highest BCUT2D eigenvalue weighted by Gasteiger charge is 2.21. The average Bonchev–Trinajstić information content (AvgIpc) is 3.20. The van der Waals surface area contributed by atoms with E-state index in [9.17, 15) is 10.1 Å². The van der Waals surface area contributed by atoms with Gasteiger partial charge >= 0.3 is 5.69 Å². The van der Waals surface area contributed by atoms with Gasteiger partial charge in [-0.05, 0) is 24.5 Å². The lowest BCUT2D eigenvalue weighted by atomic mass is 10.2. The van der Waals surface area contributed by atoms with Crippen molar-refractivity contribution in [1.29, 1.82) is 0 Å². The standard InChI is InChI=1S/C13H18N2O4/c1-18-6-7-19-13-8-10(9-14-11-3-4-11)2-5-12(13)15(16)17/h2,5,8,11,14H,3-4,6-7,9H2,1H3. The fraction of sp³-hybridized carbons (Fsp3) is 0.538. The second-order valence-corrected chi connectivity index (χ2v) is 4.56. The van der Waals surface area contributed by atoms with Crippen molar-refractivity contribution >= 4 is 5.69 Å². The van der Waals surface area contributed by atoms with Crippen molar-refractivity contribution in [2.45, 2.75) is 25.4 Å². The smallest absolute Gasteiger partial charge is 0.310 e. The van der Waals surface area contributed by atoms with E-state index in [1.807, 2.05) is 0 Å². The first-order chi connectivity index (χ1) is 9.20. The predicted octanol–water partition coefficient (Wildman–Crippen LogP) is 1.87. The molecule has 19 heavy (non-hydrogen) atoms. The molecule has 1 aromatic rings. The number of benzene rings is 1. The second kappa shape index (κ2) is 6.49. The fourth-order valence-electron chi connectivity index (χ4n) is 1.72. The molecule has 0 saturated heterocycles. The molecule has 1 fully saturated rings. The molecule has 0 unspecified atom stereocenters. The summed E-state index contributed by atoms with van der Waals surface area (Å²) in [6.07, 6.45) is 2.42. The van der Waals surface area contributed by atoms with E-state index in [1.165, 1.54) is 18.9 Å². The van der Waals surface area contributed by atoms with Crippen molar-refractivity contribution in [3.8, 4) is 5.75 Å². The van der Waals surface area contributed by atoms with Gasteiger partial charge in [0.15, 0.2) is 5.75 Å². The van der Waals surface area contributed by atoms with Gasteiger partial charge in [-0.2, -0.15) is 0 Å². The SMILES string of the molecule is COCCOc1cc(CNC2CC2)ccc1[N+](=O)[O-]. The zero-order chi connectivity index (χ0) is 13.7. The van der Waals surface area contributed by atoms with Crippen LogP contribution in [0.1, 0.15) is 18.4 Å². The zero-order valence-electron chi connectivity index (χ0n) is 10.9. The van der Waals surface area contributed by atoms with E-state index >= 15 is 0 Å². The molecule has 0 heterocycles. The summed E-state index contributed by atoms with van der Waals surface area (Å²) in [6.45, 7) is 1.42. The Kier molecular flexibility index (Phi) is 4.70. The first-order valence-electron chi connectivity index (χ1n) is 6.33. The molecule has 1 aliphatic rings. The molecule has 1 aliphatic carbocycles. The summed E-state index contributed by atoms with van der Waals surface area (Å²) in [4.78, 5) is 10.5. The topological polar surface area (TPSA) is 73.6 Å². The Morgan fingerprint density at radius 2 is 2.21 bits per heavy atom. The van der Waals surface area contributed by atoms with Gasteiger partial charge in [-0.15, -0.1) is 0 Å². The molecule has 6 nitrogen and oxygen atoms in total. The summed E-state index contributed by atoms with van der Waals surface area (Å²) in [7, 11) is 1.56. The van der Waals surface area contributed by atoms with Gasteiger partial charge in [0.1, 0.15) is 6.61 Å². The fourth-order valence-corrected chi connectivity index (χ4v) is 1.72. The molecule has 104 valence electrons. The van der Waals surface area contributed by atoms with Gasteiger partial charge in [0.05, 0.1) is 11.5 Å². The van der Waals surface area contributed by atoms with Crippen LogP contribution in [-0.4, -0.2) is 31.3 Å². The largest absolute Gasteiger partial charge is 0.484 e. The van der Waals surface area contributed by atoms with E-state index in [4.69, 9.17) is 9.47 Å². The van der Waals surface area contributed by atoms with Gasteiger partial charge in [0.25, 0.3) is 0 Å². The van der Waals surface area contributed by atoms with E-state index in [1.54, 1.807) is 19.2 Å². The predicted molar refractivity (Wildman–Crippen MR) is 70.3 cm³/mol. The number of hydrogen-bond acceptors (Lipinski definition) is 5. The van der Waals surface area contributed by atoms with Gasteiger partial charge in [0, 0.05) is 25.8 Å². The van der Waals surface area contributed by atoms with Crippen LogP contribution in [0, 0.1) is 10.1 Å². The maximum Gasteiger partial charge on any atom is 0.310 e. The summed E-state index contributed by atoms with van der Waals surface area (Å²) >= 11 is 0. The van der Waals surface area contributed by atoms with Crippen LogP contribution in [0.25, 0.3) is 0 Å². The Morgan fingerprint density at radius 3 is 2.84 bits per heavy atom. The van der Waals surface area contributed by atoms with E-state index in [-0.39, 0.29) is 5.69 Å². The maximum absolute atomic E-state index is 10.9. The van der Waals surface area contributed by atoms with Crippen LogP contribution < -0.4 is 10.1 Å². The number of nitro groups is 1. The Morgan fingerprint density at radius 1 is 1.42 bits per heavy atom. The molecule has 0 atom stereocenters. The van der Waals surface area contributed by atoms with E-state index in [2.05, 4.69) is 5.32 Å². The van der Waals surface area contributed by atoms with E-state index in [0.29, 0.717) is 31.5 Å². The molecule has 0 bridgehead atoms. The molecule has 1 N–H and O–H groups in total. The van der Waals surface area contributed by atoms with Crippen LogP contribution in [0.5, 0.6) is 5.75 Å². The van der Waals surface area contributed by atoms with Crippen LogP contribution in [0.3, 0.4) is 0 Å². The Bertz CT molecular complexity index is 446. The van der Waals surface area contributed by atoms with Gasteiger partial charge in [0.2, 0.25) is 0 Å². The van der Waals surface area contributed by atoms with Crippen LogP contribution >= 0.6 is 0 Å². The second-order valence-electron chi connectivity index (χ2n) is 4.56. The summed E-state index contributed by atoms with van der Waals surface area (Å²) in [5.74, 6) is 0.303. The molecule has 6 heteroatoms. The maximum atomic E-state index is 10.9.